The van der Waals surface area contributed by atoms with Crippen LogP contribution in [0.4, 0.5) is 19.0 Å². The van der Waals surface area contributed by atoms with E-state index in [0.717, 1.165) is 5.56 Å². The van der Waals surface area contributed by atoms with Crippen LogP contribution in [0.2, 0.25) is 0 Å². The van der Waals surface area contributed by atoms with E-state index in [0.29, 0.717) is 17.3 Å². The highest BCUT2D eigenvalue weighted by Gasteiger charge is 2.27. The van der Waals surface area contributed by atoms with E-state index in [1.165, 1.54) is 10.8 Å². The van der Waals surface area contributed by atoms with E-state index in [-0.39, 0.29) is 26.3 Å². The minimum atomic E-state index is -4.38. The van der Waals surface area contributed by atoms with E-state index >= 15 is 0 Å². The molecule has 2 aromatic heterocycles. The van der Waals surface area contributed by atoms with Crippen LogP contribution >= 0.6 is 0 Å². The number of benzene rings is 1. The number of halogens is 3. The summed E-state index contributed by atoms with van der Waals surface area (Å²) in [5, 5.41) is 13.5. The van der Waals surface area contributed by atoms with Gasteiger partial charge in [-0.3, -0.25) is 0 Å². The first-order chi connectivity index (χ1) is 13.0. The normalized spacial score (nSPS) is 11.9. The molecule has 1 N–H and O–H groups in total. The van der Waals surface area contributed by atoms with Gasteiger partial charge in [0.1, 0.15) is 18.8 Å². The van der Waals surface area contributed by atoms with Gasteiger partial charge in [0.05, 0.1) is 18.9 Å². The van der Waals surface area contributed by atoms with Gasteiger partial charge in [-0.15, -0.1) is 0 Å². The monoisotopic (exact) mass is 381 g/mol. The number of aromatic nitrogens is 4. The molecule has 0 aliphatic rings. The third-order valence-electron chi connectivity index (χ3n) is 3.77. The van der Waals surface area contributed by atoms with Gasteiger partial charge in [-0.25, -0.2) is 4.98 Å². The van der Waals surface area contributed by atoms with Crippen molar-refractivity contribution in [3.05, 3.63) is 42.7 Å². The number of aliphatic hydroxyl groups is 1. The average Bonchev–Trinajstić information content (AvgIpc) is 3.12. The van der Waals surface area contributed by atoms with Crippen molar-refractivity contribution in [1.29, 1.82) is 0 Å². The third kappa shape index (κ3) is 4.92. The second-order valence-electron chi connectivity index (χ2n) is 5.72. The van der Waals surface area contributed by atoms with Gasteiger partial charge < -0.3 is 14.7 Å². The van der Waals surface area contributed by atoms with Gasteiger partial charge >= 0.3 is 6.18 Å². The number of fused-ring (bicyclic) bond motifs is 1. The summed E-state index contributed by atoms with van der Waals surface area (Å²) in [6.45, 7) is -1.31. The van der Waals surface area contributed by atoms with Gasteiger partial charge in [0.15, 0.2) is 0 Å². The molecule has 0 aliphatic heterocycles. The standard InChI is InChI=1S/C17H18F3N5O2/c18-17(19,20)11-27-9-7-24(6-8-26)15-10-14(13-4-2-1-3-5-13)23-16-21-12-22-25(15)16/h1-5,10,12,26H,6-9,11H2. The lowest BCUT2D eigenvalue weighted by Crippen LogP contribution is -2.33. The molecule has 0 fully saturated rings. The van der Waals surface area contributed by atoms with Crippen LogP contribution < -0.4 is 4.90 Å². The maximum Gasteiger partial charge on any atom is 0.411 e. The zero-order valence-electron chi connectivity index (χ0n) is 14.3. The van der Waals surface area contributed by atoms with Gasteiger partial charge in [0, 0.05) is 24.7 Å². The van der Waals surface area contributed by atoms with Gasteiger partial charge in [0.2, 0.25) is 0 Å². The molecule has 0 saturated heterocycles. The molecule has 144 valence electrons. The SMILES string of the molecule is OCCN(CCOCC(F)(F)F)c1cc(-c2ccccc2)nc2ncnn12. The molecule has 2 heterocycles. The number of hydrogen-bond donors (Lipinski definition) is 1. The highest BCUT2D eigenvalue weighted by atomic mass is 19.4. The van der Waals surface area contributed by atoms with Gasteiger partial charge in [0.25, 0.3) is 5.78 Å². The van der Waals surface area contributed by atoms with Crippen molar-refractivity contribution < 1.29 is 23.0 Å². The second-order valence-corrected chi connectivity index (χ2v) is 5.72. The summed E-state index contributed by atoms with van der Waals surface area (Å²) >= 11 is 0. The Hall–Kier alpha value is -2.72. The van der Waals surface area contributed by atoms with E-state index in [1.807, 2.05) is 30.3 Å². The summed E-state index contributed by atoms with van der Waals surface area (Å²) in [5.74, 6) is 0.909. The Kier molecular flexibility index (Phi) is 5.87. The largest absolute Gasteiger partial charge is 0.411 e. The molecular weight excluding hydrogens is 363 g/mol. The third-order valence-corrected chi connectivity index (χ3v) is 3.77. The van der Waals surface area contributed by atoms with Crippen molar-refractivity contribution in [3.63, 3.8) is 0 Å². The van der Waals surface area contributed by atoms with Crippen molar-refractivity contribution in [3.8, 4) is 11.3 Å². The Bertz CT molecular complexity index is 870. The van der Waals surface area contributed by atoms with Crippen molar-refractivity contribution >= 4 is 11.6 Å². The van der Waals surface area contributed by atoms with Crippen LogP contribution in [0, 0.1) is 0 Å². The maximum atomic E-state index is 12.2. The summed E-state index contributed by atoms with van der Waals surface area (Å²) in [6.07, 6.45) is -3.03. The topological polar surface area (TPSA) is 75.8 Å². The Balaban J connectivity index is 1.88. The molecule has 0 aliphatic carbocycles. The van der Waals surface area contributed by atoms with E-state index in [2.05, 4.69) is 15.1 Å². The van der Waals surface area contributed by atoms with Gasteiger partial charge in [-0.2, -0.15) is 27.8 Å². The van der Waals surface area contributed by atoms with E-state index in [9.17, 15) is 18.3 Å². The number of anilines is 1. The van der Waals surface area contributed by atoms with E-state index in [1.54, 1.807) is 11.0 Å². The molecule has 3 rings (SSSR count). The summed E-state index contributed by atoms with van der Waals surface area (Å²) in [5.41, 5.74) is 1.51. The molecule has 0 spiro atoms. The molecule has 10 heteroatoms. The number of ether oxygens (including phenoxy) is 1. The Morgan fingerprint density at radius 3 is 2.63 bits per heavy atom. The van der Waals surface area contributed by atoms with Crippen LogP contribution in [0.1, 0.15) is 0 Å². The fourth-order valence-electron chi connectivity index (χ4n) is 2.60. The first-order valence-corrected chi connectivity index (χ1v) is 8.24. The molecular formula is C17H18F3N5O2. The van der Waals surface area contributed by atoms with Crippen molar-refractivity contribution in [2.24, 2.45) is 0 Å². The van der Waals surface area contributed by atoms with E-state index in [4.69, 9.17) is 4.74 Å². The van der Waals surface area contributed by atoms with Gasteiger partial charge in [-0.1, -0.05) is 30.3 Å². The first kappa shape index (κ1) is 19.1. The number of rotatable bonds is 8. The molecule has 3 aromatic rings. The number of hydrogen-bond acceptors (Lipinski definition) is 6. The highest BCUT2D eigenvalue weighted by molar-refractivity contribution is 5.65. The van der Waals surface area contributed by atoms with E-state index < -0.39 is 12.8 Å². The molecule has 27 heavy (non-hydrogen) atoms. The molecule has 0 saturated carbocycles. The predicted molar refractivity (Wildman–Crippen MR) is 92.4 cm³/mol. The lowest BCUT2D eigenvalue weighted by Gasteiger charge is -2.24. The first-order valence-electron chi connectivity index (χ1n) is 8.24. The zero-order chi connectivity index (χ0) is 19.3. The quantitative estimate of drug-likeness (QED) is 0.603. The minimum absolute atomic E-state index is 0.143. The average molecular weight is 381 g/mol. The fraction of sp³-hybridized carbons (Fsp3) is 0.353. The zero-order valence-corrected chi connectivity index (χ0v) is 14.3. The van der Waals surface area contributed by atoms with Crippen molar-refractivity contribution in [2.45, 2.75) is 6.18 Å². The molecule has 7 nitrogen and oxygen atoms in total. The molecule has 0 amide bonds. The Morgan fingerprint density at radius 1 is 1.15 bits per heavy atom. The molecule has 0 unspecified atom stereocenters. The van der Waals surface area contributed by atoms with Crippen LogP contribution in [0.5, 0.6) is 0 Å². The Morgan fingerprint density at radius 2 is 1.93 bits per heavy atom. The molecule has 1 aromatic carbocycles. The number of alkyl halides is 3. The summed E-state index contributed by atoms with van der Waals surface area (Å²) in [4.78, 5) is 10.3. The predicted octanol–water partition coefficient (Wildman–Crippen LogP) is 2.17. The van der Waals surface area contributed by atoms with Crippen LogP contribution in [0.25, 0.3) is 17.0 Å². The number of aliphatic hydroxyl groups excluding tert-OH is 1. The summed E-state index contributed by atoms with van der Waals surface area (Å²) in [7, 11) is 0. The maximum absolute atomic E-state index is 12.2. The second kappa shape index (κ2) is 8.31. The fourth-order valence-corrected chi connectivity index (χ4v) is 2.60. The highest BCUT2D eigenvalue weighted by Crippen LogP contribution is 2.23. The van der Waals surface area contributed by atoms with Crippen LogP contribution in [-0.4, -0.2) is 63.8 Å². The molecule has 0 atom stereocenters. The smallest absolute Gasteiger partial charge is 0.395 e. The number of nitrogens with zero attached hydrogens (tertiary/aromatic N) is 5. The summed E-state index contributed by atoms with van der Waals surface area (Å²) in [6, 6.07) is 11.2. The molecule has 0 bridgehead atoms. The lowest BCUT2D eigenvalue weighted by molar-refractivity contribution is -0.173. The Labute approximate surface area is 153 Å². The summed E-state index contributed by atoms with van der Waals surface area (Å²) < 4.78 is 42.9. The van der Waals surface area contributed by atoms with Crippen LogP contribution in [0.3, 0.4) is 0 Å². The minimum Gasteiger partial charge on any atom is -0.395 e. The molecule has 0 radical (unpaired) electrons. The van der Waals surface area contributed by atoms with Crippen LogP contribution in [-0.2, 0) is 4.74 Å². The van der Waals surface area contributed by atoms with Crippen LogP contribution in [0.15, 0.2) is 42.7 Å². The van der Waals surface area contributed by atoms with Crippen molar-refractivity contribution in [1.82, 2.24) is 19.6 Å². The van der Waals surface area contributed by atoms with Crippen molar-refractivity contribution in [2.75, 3.05) is 37.8 Å². The lowest BCUT2D eigenvalue weighted by atomic mass is 10.1. The van der Waals surface area contributed by atoms with Gasteiger partial charge in [-0.05, 0) is 0 Å².